The number of carbonyl (C=O) groups is 2. The van der Waals surface area contributed by atoms with E-state index in [0.717, 1.165) is 12.1 Å². The molecule has 0 fully saturated rings. The van der Waals surface area contributed by atoms with Crippen molar-refractivity contribution in [2.75, 3.05) is 11.9 Å². The van der Waals surface area contributed by atoms with Crippen LogP contribution in [0.3, 0.4) is 0 Å². The van der Waals surface area contributed by atoms with E-state index in [1.165, 1.54) is 12.5 Å². The van der Waals surface area contributed by atoms with Crippen LogP contribution in [-0.4, -0.2) is 29.3 Å². The Kier molecular flexibility index (Phi) is 5.97. The topological polar surface area (TPSA) is 62.6 Å². The minimum atomic E-state index is -0.193. The number of amides is 2. The molecule has 2 aromatic rings. The first-order valence-corrected chi connectivity index (χ1v) is 7.80. The Hall–Kier alpha value is -2.56. The second-order valence-electron chi connectivity index (χ2n) is 5.48. The molecule has 2 amide bonds. The van der Waals surface area contributed by atoms with E-state index in [2.05, 4.69) is 5.32 Å². The zero-order chi connectivity index (χ0) is 16.7. The Morgan fingerprint density at radius 3 is 2.57 bits per heavy atom. The number of nitrogens with zero attached hydrogens (tertiary/aromatic N) is 1. The van der Waals surface area contributed by atoms with Crippen molar-refractivity contribution in [2.45, 2.75) is 32.7 Å². The predicted octanol–water partition coefficient (Wildman–Crippen LogP) is 3.55. The van der Waals surface area contributed by atoms with Gasteiger partial charge in [-0.25, -0.2) is 0 Å². The molecule has 1 aromatic carbocycles. The molecule has 0 aliphatic heterocycles. The lowest BCUT2D eigenvalue weighted by molar-refractivity contribution is -0.117. The van der Waals surface area contributed by atoms with Crippen LogP contribution in [0.2, 0.25) is 0 Å². The average Bonchev–Trinajstić information content (AvgIpc) is 3.07. The van der Waals surface area contributed by atoms with Crippen LogP contribution in [0.5, 0.6) is 0 Å². The molecule has 1 atom stereocenters. The van der Waals surface area contributed by atoms with Gasteiger partial charge in [0.05, 0.1) is 11.8 Å². The summed E-state index contributed by atoms with van der Waals surface area (Å²) in [6.07, 6.45) is 3.98. The van der Waals surface area contributed by atoms with Crippen LogP contribution in [0.15, 0.2) is 53.3 Å². The van der Waals surface area contributed by atoms with E-state index in [4.69, 9.17) is 4.42 Å². The molecular formula is C18H22N2O3. The largest absolute Gasteiger partial charge is 0.472 e. The molecule has 0 saturated carbocycles. The van der Waals surface area contributed by atoms with Gasteiger partial charge >= 0.3 is 0 Å². The quantitative estimate of drug-likeness (QED) is 0.850. The molecule has 5 nitrogen and oxygen atoms in total. The molecule has 122 valence electrons. The standard InChI is InChI=1S/C18H22N2O3/c1-3-10-20(18(22)15-9-11-23-13-15)14(2)12-17(21)19-16-7-5-4-6-8-16/h4-9,11,13-14H,3,10,12H2,1-2H3,(H,19,21). The number of anilines is 1. The molecule has 1 N–H and O–H groups in total. The summed E-state index contributed by atoms with van der Waals surface area (Å²) >= 11 is 0. The van der Waals surface area contributed by atoms with E-state index in [9.17, 15) is 9.59 Å². The van der Waals surface area contributed by atoms with Crippen LogP contribution >= 0.6 is 0 Å². The highest BCUT2D eigenvalue weighted by atomic mass is 16.3. The maximum atomic E-state index is 12.5. The minimum Gasteiger partial charge on any atom is -0.472 e. The molecule has 1 heterocycles. The Labute approximate surface area is 136 Å². The van der Waals surface area contributed by atoms with Gasteiger partial charge in [0.25, 0.3) is 5.91 Å². The summed E-state index contributed by atoms with van der Waals surface area (Å²) in [5, 5.41) is 2.85. The van der Waals surface area contributed by atoms with Crippen molar-refractivity contribution in [3.63, 3.8) is 0 Å². The summed E-state index contributed by atoms with van der Waals surface area (Å²) in [6, 6.07) is 10.7. The zero-order valence-corrected chi connectivity index (χ0v) is 13.5. The molecular weight excluding hydrogens is 292 g/mol. The monoisotopic (exact) mass is 314 g/mol. The van der Waals surface area contributed by atoms with E-state index in [0.29, 0.717) is 12.1 Å². The molecule has 0 radical (unpaired) electrons. The number of nitrogens with one attached hydrogen (secondary N) is 1. The summed E-state index contributed by atoms with van der Waals surface area (Å²) in [6.45, 7) is 4.49. The van der Waals surface area contributed by atoms with Gasteiger partial charge in [-0.2, -0.15) is 0 Å². The summed E-state index contributed by atoms with van der Waals surface area (Å²) < 4.78 is 4.98. The first kappa shape index (κ1) is 16.8. The molecule has 23 heavy (non-hydrogen) atoms. The maximum absolute atomic E-state index is 12.5. The Morgan fingerprint density at radius 1 is 1.22 bits per heavy atom. The summed E-state index contributed by atoms with van der Waals surface area (Å²) in [7, 11) is 0. The lowest BCUT2D eigenvalue weighted by Gasteiger charge is -2.28. The lowest BCUT2D eigenvalue weighted by Crippen LogP contribution is -2.41. The van der Waals surface area contributed by atoms with E-state index >= 15 is 0 Å². The molecule has 0 saturated heterocycles. The lowest BCUT2D eigenvalue weighted by atomic mass is 10.1. The Balaban J connectivity index is 1.99. The van der Waals surface area contributed by atoms with Crippen LogP contribution in [0.1, 0.15) is 37.0 Å². The van der Waals surface area contributed by atoms with E-state index in [-0.39, 0.29) is 24.3 Å². The fourth-order valence-corrected chi connectivity index (χ4v) is 2.43. The third-order valence-corrected chi connectivity index (χ3v) is 3.56. The first-order chi connectivity index (χ1) is 11.1. The highest BCUT2D eigenvalue weighted by Gasteiger charge is 2.23. The SMILES string of the molecule is CCCN(C(=O)c1ccoc1)C(C)CC(=O)Nc1ccccc1. The van der Waals surface area contributed by atoms with Gasteiger partial charge < -0.3 is 14.6 Å². The van der Waals surface area contributed by atoms with Crippen LogP contribution < -0.4 is 5.32 Å². The number of rotatable bonds is 7. The minimum absolute atomic E-state index is 0.107. The molecule has 2 rings (SSSR count). The van der Waals surface area contributed by atoms with Crippen molar-refractivity contribution in [3.05, 3.63) is 54.5 Å². The third kappa shape index (κ3) is 4.71. The van der Waals surface area contributed by atoms with Gasteiger partial charge in [0, 0.05) is 24.7 Å². The smallest absolute Gasteiger partial charge is 0.257 e. The summed E-state index contributed by atoms with van der Waals surface area (Å²) in [5.41, 5.74) is 1.27. The number of furan rings is 1. The van der Waals surface area contributed by atoms with Gasteiger partial charge in [-0.1, -0.05) is 25.1 Å². The van der Waals surface area contributed by atoms with Crippen molar-refractivity contribution in [2.24, 2.45) is 0 Å². The Bertz CT molecular complexity index is 623. The van der Waals surface area contributed by atoms with E-state index in [1.54, 1.807) is 11.0 Å². The zero-order valence-electron chi connectivity index (χ0n) is 13.5. The molecule has 0 bridgehead atoms. The van der Waals surface area contributed by atoms with Crippen LogP contribution in [0, 0.1) is 0 Å². The molecule has 0 aliphatic rings. The van der Waals surface area contributed by atoms with E-state index < -0.39 is 0 Å². The van der Waals surface area contributed by atoms with Gasteiger partial charge in [0.1, 0.15) is 6.26 Å². The van der Waals surface area contributed by atoms with Gasteiger partial charge in [-0.05, 0) is 31.5 Å². The highest BCUT2D eigenvalue weighted by molar-refractivity contribution is 5.95. The Morgan fingerprint density at radius 2 is 1.96 bits per heavy atom. The van der Waals surface area contributed by atoms with Crippen LogP contribution in [-0.2, 0) is 4.79 Å². The van der Waals surface area contributed by atoms with E-state index in [1.807, 2.05) is 44.2 Å². The molecule has 1 aromatic heterocycles. The van der Waals surface area contributed by atoms with Crippen LogP contribution in [0.4, 0.5) is 5.69 Å². The van der Waals surface area contributed by atoms with Crippen molar-refractivity contribution in [3.8, 4) is 0 Å². The normalized spacial score (nSPS) is 11.7. The second-order valence-corrected chi connectivity index (χ2v) is 5.48. The fourth-order valence-electron chi connectivity index (χ4n) is 2.43. The average molecular weight is 314 g/mol. The van der Waals surface area contributed by atoms with Crippen molar-refractivity contribution in [1.29, 1.82) is 0 Å². The van der Waals surface area contributed by atoms with Crippen molar-refractivity contribution >= 4 is 17.5 Å². The number of para-hydroxylation sites is 1. The number of benzene rings is 1. The predicted molar refractivity (Wildman–Crippen MR) is 89.2 cm³/mol. The van der Waals surface area contributed by atoms with Gasteiger partial charge in [0.15, 0.2) is 0 Å². The van der Waals surface area contributed by atoms with Gasteiger partial charge in [-0.15, -0.1) is 0 Å². The third-order valence-electron chi connectivity index (χ3n) is 3.56. The first-order valence-electron chi connectivity index (χ1n) is 7.80. The second kappa shape index (κ2) is 8.17. The fraction of sp³-hybridized carbons (Fsp3) is 0.333. The number of hydrogen-bond acceptors (Lipinski definition) is 3. The number of hydrogen-bond donors (Lipinski definition) is 1. The molecule has 0 aliphatic carbocycles. The van der Waals surface area contributed by atoms with Gasteiger partial charge in [0.2, 0.25) is 5.91 Å². The molecule has 5 heteroatoms. The van der Waals surface area contributed by atoms with Crippen molar-refractivity contribution in [1.82, 2.24) is 4.90 Å². The summed E-state index contributed by atoms with van der Waals surface area (Å²) in [5.74, 6) is -0.217. The highest BCUT2D eigenvalue weighted by Crippen LogP contribution is 2.14. The molecule has 0 spiro atoms. The van der Waals surface area contributed by atoms with Gasteiger partial charge in [-0.3, -0.25) is 9.59 Å². The number of carbonyl (C=O) groups excluding carboxylic acids is 2. The summed E-state index contributed by atoms with van der Waals surface area (Å²) in [4.78, 5) is 26.4. The van der Waals surface area contributed by atoms with Crippen LogP contribution in [0.25, 0.3) is 0 Å². The van der Waals surface area contributed by atoms with Crippen molar-refractivity contribution < 1.29 is 14.0 Å². The maximum Gasteiger partial charge on any atom is 0.257 e. The molecule has 1 unspecified atom stereocenters.